The van der Waals surface area contributed by atoms with Gasteiger partial charge in [0.2, 0.25) is 5.91 Å². The van der Waals surface area contributed by atoms with Crippen molar-refractivity contribution in [2.75, 3.05) is 5.32 Å². The molecule has 1 atom stereocenters. The highest BCUT2D eigenvalue weighted by atomic mass is 19.2. The van der Waals surface area contributed by atoms with Crippen LogP contribution < -0.4 is 5.32 Å². The van der Waals surface area contributed by atoms with Crippen LogP contribution >= 0.6 is 0 Å². The van der Waals surface area contributed by atoms with Gasteiger partial charge in [0.1, 0.15) is 17.4 Å². The second-order valence-electron chi connectivity index (χ2n) is 5.11. The number of nitro groups is 1. The summed E-state index contributed by atoms with van der Waals surface area (Å²) in [5.74, 6) is -5.41. The summed E-state index contributed by atoms with van der Waals surface area (Å²) in [4.78, 5) is 22.5. The number of benzene rings is 1. The number of carbonyl (C=O) groups excluding carboxylic acids is 1. The highest BCUT2D eigenvalue weighted by Crippen LogP contribution is 2.26. The van der Waals surface area contributed by atoms with E-state index < -0.39 is 40.0 Å². The van der Waals surface area contributed by atoms with Crippen LogP contribution in [0.25, 0.3) is 0 Å². The number of rotatable bonds is 4. The number of hydrogen-bond donors (Lipinski definition) is 1. The molecule has 1 N–H and O–H groups in total. The van der Waals surface area contributed by atoms with Crippen molar-refractivity contribution in [1.82, 2.24) is 9.78 Å². The zero-order chi connectivity index (χ0) is 18.2. The Hall–Kier alpha value is -2.91. The first kappa shape index (κ1) is 17.4. The summed E-state index contributed by atoms with van der Waals surface area (Å²) in [5.41, 5.74) is -0.502. The fraction of sp³-hybridized carbons (Fsp3) is 0.286. The van der Waals surface area contributed by atoms with Gasteiger partial charge in [-0.1, -0.05) is 0 Å². The lowest BCUT2D eigenvalue weighted by atomic mass is 10.2. The topological polar surface area (TPSA) is 90.1 Å². The Morgan fingerprint density at radius 1 is 1.29 bits per heavy atom. The monoisotopic (exact) mass is 342 g/mol. The smallest absolute Gasteiger partial charge is 0.312 e. The standard InChI is InChI=1S/C14H13F3N4O3/c1-6-13(21(23)24)7(2)20(19-6)8(3)14(22)18-10-5-4-9(15)11(16)12(10)17/h4-5,8H,1-3H3,(H,18,22)/t8-/m1/s1. The number of nitrogens with zero attached hydrogens (tertiary/aromatic N) is 3. The fourth-order valence-electron chi connectivity index (χ4n) is 2.27. The van der Waals surface area contributed by atoms with Gasteiger partial charge in [-0.2, -0.15) is 5.10 Å². The van der Waals surface area contributed by atoms with Gasteiger partial charge in [0.05, 0.1) is 10.6 Å². The van der Waals surface area contributed by atoms with E-state index >= 15 is 0 Å². The molecule has 0 aliphatic heterocycles. The van der Waals surface area contributed by atoms with E-state index in [1.807, 2.05) is 0 Å². The molecule has 0 saturated carbocycles. The number of halogens is 3. The summed E-state index contributed by atoms with van der Waals surface area (Å²) in [5, 5.41) is 17.0. The third kappa shape index (κ3) is 2.94. The highest BCUT2D eigenvalue weighted by molar-refractivity contribution is 5.93. The molecule has 2 rings (SSSR count). The van der Waals surface area contributed by atoms with Crippen LogP contribution in [0.15, 0.2) is 12.1 Å². The Morgan fingerprint density at radius 3 is 2.46 bits per heavy atom. The minimum absolute atomic E-state index is 0.121. The summed E-state index contributed by atoms with van der Waals surface area (Å²) in [6.07, 6.45) is 0. The molecule has 0 aliphatic rings. The van der Waals surface area contributed by atoms with Crippen LogP contribution in [-0.4, -0.2) is 20.6 Å². The first-order valence-corrected chi connectivity index (χ1v) is 6.79. The molecular weight excluding hydrogens is 329 g/mol. The van der Waals surface area contributed by atoms with Crippen LogP contribution in [0.5, 0.6) is 0 Å². The Kier molecular flexibility index (Phi) is 4.58. The molecule has 1 amide bonds. The average Bonchev–Trinajstić information content (AvgIpc) is 2.81. The second-order valence-corrected chi connectivity index (χ2v) is 5.11. The first-order valence-electron chi connectivity index (χ1n) is 6.79. The lowest BCUT2D eigenvalue weighted by molar-refractivity contribution is -0.386. The molecule has 0 fully saturated rings. The molecule has 10 heteroatoms. The molecule has 1 aromatic carbocycles. The summed E-state index contributed by atoms with van der Waals surface area (Å²) in [6.45, 7) is 4.22. The second kappa shape index (κ2) is 6.30. The summed E-state index contributed by atoms with van der Waals surface area (Å²) in [6, 6.07) is 0.513. The number of aromatic nitrogens is 2. The van der Waals surface area contributed by atoms with Crippen LogP contribution in [0, 0.1) is 41.4 Å². The molecule has 0 saturated heterocycles. The van der Waals surface area contributed by atoms with Crippen LogP contribution in [0.2, 0.25) is 0 Å². The lowest BCUT2D eigenvalue weighted by Crippen LogP contribution is -2.26. The van der Waals surface area contributed by atoms with E-state index in [1.165, 1.54) is 20.8 Å². The number of hydrogen-bond acceptors (Lipinski definition) is 4. The van der Waals surface area contributed by atoms with Gasteiger partial charge in [0.15, 0.2) is 17.5 Å². The van der Waals surface area contributed by atoms with Gasteiger partial charge in [-0.05, 0) is 32.9 Å². The lowest BCUT2D eigenvalue weighted by Gasteiger charge is -2.14. The predicted molar refractivity (Wildman–Crippen MR) is 78.0 cm³/mol. The molecule has 0 unspecified atom stereocenters. The van der Waals surface area contributed by atoms with E-state index in [1.54, 1.807) is 0 Å². The van der Waals surface area contributed by atoms with Gasteiger partial charge < -0.3 is 5.32 Å². The number of amides is 1. The third-order valence-corrected chi connectivity index (χ3v) is 3.51. The number of carbonyl (C=O) groups is 1. The average molecular weight is 342 g/mol. The molecule has 7 nitrogen and oxygen atoms in total. The largest absolute Gasteiger partial charge is 0.322 e. The van der Waals surface area contributed by atoms with Crippen molar-refractivity contribution in [1.29, 1.82) is 0 Å². The van der Waals surface area contributed by atoms with Crippen molar-refractivity contribution in [3.63, 3.8) is 0 Å². The Balaban J connectivity index is 2.30. The maximum atomic E-state index is 13.6. The molecule has 24 heavy (non-hydrogen) atoms. The van der Waals surface area contributed by atoms with E-state index in [-0.39, 0.29) is 17.1 Å². The molecule has 0 spiro atoms. The molecule has 1 aromatic heterocycles. The minimum Gasteiger partial charge on any atom is -0.322 e. The molecular formula is C14H13F3N4O3. The van der Waals surface area contributed by atoms with Crippen molar-refractivity contribution < 1.29 is 22.9 Å². The van der Waals surface area contributed by atoms with Gasteiger partial charge in [0.25, 0.3) is 0 Å². The zero-order valence-corrected chi connectivity index (χ0v) is 12.9. The Labute approximate surface area is 134 Å². The number of aryl methyl sites for hydroxylation is 1. The van der Waals surface area contributed by atoms with Crippen LogP contribution in [0.3, 0.4) is 0 Å². The van der Waals surface area contributed by atoms with E-state index in [2.05, 4.69) is 10.4 Å². The van der Waals surface area contributed by atoms with Crippen molar-refractivity contribution in [3.05, 3.63) is 51.1 Å². The molecule has 1 heterocycles. The van der Waals surface area contributed by atoms with E-state index in [9.17, 15) is 28.1 Å². The van der Waals surface area contributed by atoms with Gasteiger partial charge in [-0.15, -0.1) is 0 Å². The SMILES string of the molecule is Cc1nn([C@H](C)C(=O)Nc2ccc(F)c(F)c2F)c(C)c1[N+](=O)[O-]. The highest BCUT2D eigenvalue weighted by Gasteiger charge is 2.27. The van der Waals surface area contributed by atoms with E-state index in [0.29, 0.717) is 6.07 Å². The van der Waals surface area contributed by atoms with Crippen LogP contribution in [0.1, 0.15) is 24.4 Å². The minimum atomic E-state index is -1.71. The van der Waals surface area contributed by atoms with Gasteiger partial charge in [0, 0.05) is 0 Å². The van der Waals surface area contributed by atoms with Crippen molar-refractivity contribution in [2.24, 2.45) is 0 Å². The summed E-state index contributed by atoms with van der Waals surface area (Å²) >= 11 is 0. The Morgan fingerprint density at radius 2 is 1.92 bits per heavy atom. The maximum Gasteiger partial charge on any atom is 0.312 e. The van der Waals surface area contributed by atoms with Crippen molar-refractivity contribution in [3.8, 4) is 0 Å². The molecule has 128 valence electrons. The van der Waals surface area contributed by atoms with Crippen LogP contribution in [0.4, 0.5) is 24.5 Å². The van der Waals surface area contributed by atoms with E-state index in [4.69, 9.17) is 0 Å². The molecule has 0 radical (unpaired) electrons. The van der Waals surface area contributed by atoms with Crippen LogP contribution in [-0.2, 0) is 4.79 Å². The normalized spacial score (nSPS) is 12.1. The van der Waals surface area contributed by atoms with Gasteiger partial charge in [-0.25, -0.2) is 13.2 Å². The Bertz CT molecular complexity index is 835. The maximum absolute atomic E-state index is 13.6. The molecule has 0 aliphatic carbocycles. The zero-order valence-electron chi connectivity index (χ0n) is 12.9. The number of anilines is 1. The third-order valence-electron chi connectivity index (χ3n) is 3.51. The molecule has 0 bridgehead atoms. The number of nitrogens with one attached hydrogen (secondary N) is 1. The summed E-state index contributed by atoms with van der Waals surface area (Å²) in [7, 11) is 0. The van der Waals surface area contributed by atoms with Gasteiger partial charge in [-0.3, -0.25) is 19.6 Å². The van der Waals surface area contributed by atoms with Gasteiger partial charge >= 0.3 is 5.69 Å². The fourth-order valence-corrected chi connectivity index (χ4v) is 2.27. The quantitative estimate of drug-likeness (QED) is 0.525. The summed E-state index contributed by atoms with van der Waals surface area (Å²) < 4.78 is 40.8. The van der Waals surface area contributed by atoms with E-state index in [0.717, 1.165) is 10.7 Å². The predicted octanol–water partition coefficient (Wildman–Crippen LogP) is 3.03. The van der Waals surface area contributed by atoms with Crippen molar-refractivity contribution >= 4 is 17.3 Å². The molecule has 2 aromatic rings. The van der Waals surface area contributed by atoms with Crippen molar-refractivity contribution in [2.45, 2.75) is 26.8 Å². The first-order chi connectivity index (χ1) is 11.1.